The van der Waals surface area contributed by atoms with Gasteiger partial charge in [0, 0.05) is 45.2 Å². The van der Waals surface area contributed by atoms with Crippen LogP contribution in [0, 0.1) is 17.3 Å². The maximum atomic E-state index is 12.9. The number of carbonyl (C=O) groups excluding carboxylic acids is 1. The Morgan fingerprint density at radius 1 is 1.09 bits per heavy atom. The van der Waals surface area contributed by atoms with Crippen LogP contribution < -0.4 is 9.47 Å². The second-order valence-electron chi connectivity index (χ2n) is 10.7. The zero-order valence-corrected chi connectivity index (χ0v) is 19.7. The molecule has 1 aromatic rings. The average molecular weight is 451 g/mol. The van der Waals surface area contributed by atoms with Crippen LogP contribution in [0.5, 0.6) is 11.5 Å². The summed E-state index contributed by atoms with van der Waals surface area (Å²) in [6, 6.07) is 6.22. The lowest BCUT2D eigenvalue weighted by Crippen LogP contribution is -2.48. The van der Waals surface area contributed by atoms with Crippen molar-refractivity contribution in [2.75, 3.05) is 39.5 Å². The number of fused-ring (bicyclic) bond motifs is 3. The van der Waals surface area contributed by atoms with Gasteiger partial charge in [0.1, 0.15) is 6.10 Å². The molecule has 3 heterocycles. The first-order valence-electron chi connectivity index (χ1n) is 12.4. The fraction of sp³-hybridized carbons (Fsp3) is 0.593. The van der Waals surface area contributed by atoms with Gasteiger partial charge in [0.15, 0.2) is 11.5 Å². The first kappa shape index (κ1) is 21.2. The summed E-state index contributed by atoms with van der Waals surface area (Å²) in [4.78, 5) is 17.8. The van der Waals surface area contributed by atoms with Crippen molar-refractivity contribution in [3.8, 4) is 11.5 Å². The highest BCUT2D eigenvalue weighted by Gasteiger charge is 2.51. The van der Waals surface area contributed by atoms with Gasteiger partial charge in [0.2, 0.25) is 6.79 Å². The van der Waals surface area contributed by atoms with E-state index >= 15 is 0 Å². The van der Waals surface area contributed by atoms with Crippen LogP contribution in [0.25, 0.3) is 0 Å². The second-order valence-corrected chi connectivity index (χ2v) is 10.7. The quantitative estimate of drug-likeness (QED) is 0.651. The summed E-state index contributed by atoms with van der Waals surface area (Å²) in [7, 11) is 0. The Hall–Kier alpha value is -2.31. The molecule has 0 unspecified atom stereocenters. The molecule has 0 bridgehead atoms. The Labute approximate surface area is 196 Å². The zero-order valence-electron chi connectivity index (χ0n) is 19.7. The summed E-state index contributed by atoms with van der Waals surface area (Å²) in [5.74, 6) is 1.87. The van der Waals surface area contributed by atoms with E-state index in [1.54, 1.807) is 0 Å². The van der Waals surface area contributed by atoms with Gasteiger partial charge in [-0.3, -0.25) is 14.6 Å². The van der Waals surface area contributed by atoms with E-state index in [0.717, 1.165) is 70.0 Å². The van der Waals surface area contributed by atoms with Crippen molar-refractivity contribution >= 4 is 5.97 Å². The lowest BCUT2D eigenvalue weighted by molar-refractivity contribution is -0.145. The van der Waals surface area contributed by atoms with Gasteiger partial charge in [-0.2, -0.15) is 0 Å². The Morgan fingerprint density at radius 3 is 2.73 bits per heavy atom. The van der Waals surface area contributed by atoms with Gasteiger partial charge in [0.25, 0.3) is 0 Å². The highest BCUT2D eigenvalue weighted by Crippen LogP contribution is 2.52. The molecule has 6 nitrogen and oxygen atoms in total. The molecule has 0 aromatic heterocycles. The molecule has 2 aliphatic carbocycles. The number of benzene rings is 1. The number of hydrogen-bond donors (Lipinski definition) is 0. The van der Waals surface area contributed by atoms with Gasteiger partial charge in [0.05, 0.1) is 5.92 Å². The third-order valence-electron chi connectivity index (χ3n) is 8.46. The fourth-order valence-corrected chi connectivity index (χ4v) is 6.54. The first-order valence-corrected chi connectivity index (χ1v) is 12.4. The van der Waals surface area contributed by atoms with E-state index in [1.165, 1.54) is 16.7 Å². The Bertz CT molecular complexity index is 1010. The van der Waals surface area contributed by atoms with Gasteiger partial charge in [-0.05, 0) is 54.9 Å². The number of rotatable bonds is 4. The van der Waals surface area contributed by atoms with E-state index in [9.17, 15) is 4.79 Å². The van der Waals surface area contributed by atoms with Crippen LogP contribution >= 0.6 is 0 Å². The van der Waals surface area contributed by atoms with Gasteiger partial charge in [-0.25, -0.2) is 0 Å². The molecule has 33 heavy (non-hydrogen) atoms. The maximum Gasteiger partial charge on any atom is 0.311 e. The summed E-state index contributed by atoms with van der Waals surface area (Å²) in [5.41, 5.74) is 4.28. The number of allylic oxidation sites excluding steroid dienone is 3. The SMILES string of the molecule is CC1=CCC[C@]2(C)C[C@H]3OC(=O)[C@H](CN4CCN(Cc5ccc6c(c5)OCO6)CC4)[C@H]3C=C12. The van der Waals surface area contributed by atoms with Crippen LogP contribution in [0.2, 0.25) is 0 Å². The van der Waals surface area contributed by atoms with Crippen LogP contribution in [-0.2, 0) is 16.1 Å². The average Bonchev–Trinajstić information content (AvgIpc) is 3.37. The van der Waals surface area contributed by atoms with Crippen molar-refractivity contribution < 1.29 is 19.0 Å². The molecular formula is C27H34N2O4. The van der Waals surface area contributed by atoms with E-state index in [-0.39, 0.29) is 29.3 Å². The molecule has 2 fully saturated rings. The predicted octanol–water partition coefficient (Wildman–Crippen LogP) is 3.77. The van der Waals surface area contributed by atoms with Crippen LogP contribution in [-0.4, -0.2) is 61.4 Å². The van der Waals surface area contributed by atoms with Crippen molar-refractivity contribution in [3.63, 3.8) is 0 Å². The lowest BCUT2D eigenvalue weighted by Gasteiger charge is -2.43. The molecular weight excluding hydrogens is 416 g/mol. The normalized spacial score (nSPS) is 33.8. The predicted molar refractivity (Wildman–Crippen MR) is 125 cm³/mol. The third kappa shape index (κ3) is 3.87. The molecule has 2 saturated heterocycles. The molecule has 1 aromatic carbocycles. The van der Waals surface area contributed by atoms with Crippen molar-refractivity contribution in [1.29, 1.82) is 0 Å². The van der Waals surface area contributed by atoms with Crippen molar-refractivity contribution in [2.45, 2.75) is 45.8 Å². The first-order chi connectivity index (χ1) is 16.0. The van der Waals surface area contributed by atoms with Gasteiger partial charge < -0.3 is 14.2 Å². The molecule has 0 amide bonds. The molecule has 5 aliphatic rings. The highest BCUT2D eigenvalue weighted by atomic mass is 16.7. The third-order valence-corrected chi connectivity index (χ3v) is 8.46. The van der Waals surface area contributed by atoms with Crippen LogP contribution in [0.15, 0.2) is 41.5 Å². The smallest absolute Gasteiger partial charge is 0.311 e. The summed E-state index contributed by atoms with van der Waals surface area (Å²) in [6.07, 6.45) is 8.08. The molecule has 4 atom stereocenters. The highest BCUT2D eigenvalue weighted by molar-refractivity contribution is 5.76. The topological polar surface area (TPSA) is 51.2 Å². The Balaban J connectivity index is 1.08. The van der Waals surface area contributed by atoms with E-state index in [0.29, 0.717) is 6.79 Å². The minimum atomic E-state index is -0.0396. The van der Waals surface area contributed by atoms with Crippen LogP contribution in [0.3, 0.4) is 0 Å². The van der Waals surface area contributed by atoms with Crippen LogP contribution in [0.1, 0.15) is 38.7 Å². The molecule has 0 radical (unpaired) electrons. The van der Waals surface area contributed by atoms with Crippen molar-refractivity contribution in [3.05, 3.63) is 47.1 Å². The maximum absolute atomic E-state index is 12.9. The minimum absolute atomic E-state index is 0.00789. The molecule has 0 spiro atoms. The van der Waals surface area contributed by atoms with E-state index < -0.39 is 0 Å². The number of hydrogen-bond acceptors (Lipinski definition) is 6. The monoisotopic (exact) mass is 450 g/mol. The van der Waals surface area contributed by atoms with Gasteiger partial charge >= 0.3 is 5.97 Å². The number of esters is 1. The van der Waals surface area contributed by atoms with E-state index in [4.69, 9.17) is 14.2 Å². The fourth-order valence-electron chi connectivity index (χ4n) is 6.54. The lowest BCUT2D eigenvalue weighted by atomic mass is 9.62. The molecule has 0 N–H and O–H groups in total. The summed E-state index contributed by atoms with van der Waals surface area (Å²) in [5, 5.41) is 0. The number of ether oxygens (including phenoxy) is 3. The van der Waals surface area contributed by atoms with E-state index in [1.807, 2.05) is 6.07 Å². The zero-order chi connectivity index (χ0) is 22.6. The Morgan fingerprint density at radius 2 is 1.88 bits per heavy atom. The largest absolute Gasteiger partial charge is 0.461 e. The number of piperazine rings is 1. The molecule has 6 heteroatoms. The van der Waals surface area contributed by atoms with Crippen molar-refractivity contribution in [1.82, 2.24) is 9.80 Å². The summed E-state index contributed by atoms with van der Waals surface area (Å²) < 4.78 is 16.9. The Kier molecular flexibility index (Phi) is 5.26. The molecule has 0 saturated carbocycles. The van der Waals surface area contributed by atoms with Crippen LogP contribution in [0.4, 0.5) is 0 Å². The summed E-state index contributed by atoms with van der Waals surface area (Å²) >= 11 is 0. The number of carbonyl (C=O) groups is 1. The molecule has 3 aliphatic heterocycles. The standard InChI is InChI=1S/C27H34N2O4/c1-18-4-3-7-27(2)14-25-20(13-22(18)27)21(26(30)33-25)16-29-10-8-28(9-11-29)15-19-5-6-23-24(12-19)32-17-31-23/h4-6,12-13,20-21,25H,3,7-11,14-17H2,1-2H3/t20-,21-,25-,27-/m1/s1. The second kappa shape index (κ2) is 8.17. The van der Waals surface area contributed by atoms with Gasteiger partial charge in [-0.15, -0.1) is 0 Å². The van der Waals surface area contributed by atoms with Crippen molar-refractivity contribution in [2.24, 2.45) is 17.3 Å². The molecule has 176 valence electrons. The number of nitrogens with zero attached hydrogens (tertiary/aromatic N) is 2. The van der Waals surface area contributed by atoms with Gasteiger partial charge in [-0.1, -0.05) is 30.7 Å². The minimum Gasteiger partial charge on any atom is -0.461 e. The summed E-state index contributed by atoms with van der Waals surface area (Å²) in [6.45, 7) is 10.6. The molecule has 6 rings (SSSR count). The van der Waals surface area contributed by atoms with E-state index in [2.05, 4.69) is 47.9 Å².